The first-order chi connectivity index (χ1) is 13.9. The molecule has 0 amide bonds. The molecule has 0 radical (unpaired) electrons. The third-order valence-electron chi connectivity index (χ3n) is 3.85. The second-order valence-corrected chi connectivity index (χ2v) is 6.46. The second kappa shape index (κ2) is 8.80. The van der Waals surface area contributed by atoms with Gasteiger partial charge in [0.15, 0.2) is 0 Å². The number of hydrogen-bond donors (Lipinski definition) is 2. The zero-order chi connectivity index (χ0) is 21.0. The topological polar surface area (TPSA) is 111 Å². The molecule has 9 nitrogen and oxygen atoms in total. The molecule has 0 aliphatic rings. The Morgan fingerprint density at radius 3 is 2.21 bits per heavy atom. The van der Waals surface area contributed by atoms with Crippen molar-refractivity contribution in [3.63, 3.8) is 0 Å². The van der Waals surface area contributed by atoms with Gasteiger partial charge >= 0.3 is 5.69 Å². The van der Waals surface area contributed by atoms with E-state index in [4.69, 9.17) is 32.7 Å². The van der Waals surface area contributed by atoms with Gasteiger partial charge in [-0.25, -0.2) is 9.97 Å². The van der Waals surface area contributed by atoms with Gasteiger partial charge in [0.1, 0.15) is 17.8 Å². The molecule has 150 valence electrons. The fourth-order valence-electron chi connectivity index (χ4n) is 2.48. The summed E-state index contributed by atoms with van der Waals surface area (Å²) in [6.07, 6.45) is 1.19. The number of nitro groups is 1. The Bertz CT molecular complexity index is 1060. The Hall–Kier alpha value is -3.30. The molecule has 2 aromatic carbocycles. The smallest absolute Gasteiger partial charge is 0.353 e. The van der Waals surface area contributed by atoms with E-state index in [-0.39, 0.29) is 22.3 Å². The van der Waals surface area contributed by atoms with Crippen molar-refractivity contribution in [1.82, 2.24) is 9.97 Å². The largest absolute Gasteiger partial charge is 0.497 e. The Morgan fingerprint density at radius 2 is 1.62 bits per heavy atom. The van der Waals surface area contributed by atoms with Gasteiger partial charge in [-0.05, 0) is 30.3 Å². The van der Waals surface area contributed by atoms with Crippen LogP contribution >= 0.6 is 23.2 Å². The van der Waals surface area contributed by atoms with Gasteiger partial charge in [-0.2, -0.15) is 0 Å². The van der Waals surface area contributed by atoms with E-state index in [0.29, 0.717) is 27.9 Å². The molecule has 0 unspecified atom stereocenters. The van der Waals surface area contributed by atoms with Gasteiger partial charge in [0.25, 0.3) is 0 Å². The maximum Gasteiger partial charge on any atom is 0.353 e. The number of ether oxygens (including phenoxy) is 2. The minimum Gasteiger partial charge on any atom is -0.497 e. The predicted molar refractivity (Wildman–Crippen MR) is 111 cm³/mol. The van der Waals surface area contributed by atoms with Gasteiger partial charge in [0.05, 0.1) is 35.5 Å². The number of nitrogens with zero attached hydrogens (tertiary/aromatic N) is 3. The number of rotatable bonds is 7. The summed E-state index contributed by atoms with van der Waals surface area (Å²) in [5.41, 5.74) is 0.507. The Morgan fingerprint density at radius 1 is 0.966 bits per heavy atom. The number of hydrogen-bond acceptors (Lipinski definition) is 8. The van der Waals surface area contributed by atoms with Crippen LogP contribution in [0.3, 0.4) is 0 Å². The molecule has 0 spiro atoms. The van der Waals surface area contributed by atoms with E-state index in [1.54, 1.807) is 30.3 Å². The van der Waals surface area contributed by atoms with Crippen LogP contribution in [0.25, 0.3) is 0 Å². The number of benzene rings is 2. The molecule has 1 heterocycles. The Kier molecular flexibility index (Phi) is 6.20. The lowest BCUT2D eigenvalue weighted by Crippen LogP contribution is -2.06. The van der Waals surface area contributed by atoms with Crippen LogP contribution in [-0.4, -0.2) is 29.1 Å². The number of halogens is 2. The van der Waals surface area contributed by atoms with Crippen molar-refractivity contribution < 1.29 is 14.4 Å². The summed E-state index contributed by atoms with van der Waals surface area (Å²) in [5.74, 6) is 0.932. The average Bonchev–Trinajstić information content (AvgIpc) is 2.70. The molecule has 3 rings (SSSR count). The number of anilines is 4. The van der Waals surface area contributed by atoms with E-state index in [0.717, 1.165) is 0 Å². The van der Waals surface area contributed by atoms with Gasteiger partial charge < -0.3 is 20.1 Å². The lowest BCUT2D eigenvalue weighted by Gasteiger charge is -2.13. The summed E-state index contributed by atoms with van der Waals surface area (Å²) < 4.78 is 10.5. The molecule has 3 aromatic rings. The van der Waals surface area contributed by atoms with E-state index >= 15 is 0 Å². The van der Waals surface area contributed by atoms with Crippen molar-refractivity contribution in [2.45, 2.75) is 0 Å². The highest BCUT2D eigenvalue weighted by Gasteiger charge is 2.24. The molecule has 2 N–H and O–H groups in total. The first kappa shape index (κ1) is 20.4. The summed E-state index contributed by atoms with van der Waals surface area (Å²) in [5, 5.41) is 18.2. The average molecular weight is 436 g/mol. The SMILES string of the molecule is COc1ccc(Nc2ncnc(Nc3ccc(Cl)cc3Cl)c2[N+](=O)[O-])c(OC)c1. The highest BCUT2D eigenvalue weighted by atomic mass is 35.5. The van der Waals surface area contributed by atoms with Gasteiger partial charge in [0.2, 0.25) is 11.6 Å². The highest BCUT2D eigenvalue weighted by Crippen LogP contribution is 2.38. The van der Waals surface area contributed by atoms with E-state index < -0.39 is 4.92 Å². The summed E-state index contributed by atoms with van der Waals surface area (Å²) in [6, 6.07) is 9.69. The van der Waals surface area contributed by atoms with Gasteiger partial charge in [-0.3, -0.25) is 10.1 Å². The fraction of sp³-hybridized carbons (Fsp3) is 0.111. The van der Waals surface area contributed by atoms with Gasteiger partial charge in [0, 0.05) is 11.1 Å². The van der Waals surface area contributed by atoms with Crippen molar-refractivity contribution in [2.75, 3.05) is 24.9 Å². The third kappa shape index (κ3) is 4.58. The fourth-order valence-corrected chi connectivity index (χ4v) is 2.94. The lowest BCUT2D eigenvalue weighted by molar-refractivity contribution is -0.383. The number of methoxy groups -OCH3 is 2. The first-order valence-corrected chi connectivity index (χ1v) is 8.89. The van der Waals surface area contributed by atoms with Crippen LogP contribution in [0.2, 0.25) is 10.0 Å². The Labute approximate surface area is 175 Å². The molecule has 0 fully saturated rings. The maximum absolute atomic E-state index is 11.8. The van der Waals surface area contributed by atoms with Crippen molar-refractivity contribution in [2.24, 2.45) is 0 Å². The molecule has 1 aromatic heterocycles. The van der Waals surface area contributed by atoms with Gasteiger partial charge in [-0.1, -0.05) is 23.2 Å². The molecule has 0 aliphatic carbocycles. The van der Waals surface area contributed by atoms with E-state index in [2.05, 4.69) is 20.6 Å². The van der Waals surface area contributed by atoms with Crippen molar-refractivity contribution in [1.29, 1.82) is 0 Å². The standard InChI is InChI=1S/C18H15Cl2N5O4/c1-28-11-4-6-14(15(8-11)29-2)24-18-16(25(26)27)17(21-9-22-18)23-13-5-3-10(19)7-12(13)20/h3-9H,1-2H3,(H2,21,22,23,24). The molecule has 0 atom stereocenters. The van der Waals surface area contributed by atoms with Crippen LogP contribution in [-0.2, 0) is 0 Å². The van der Waals surface area contributed by atoms with Crippen molar-refractivity contribution in [3.05, 3.63) is 62.9 Å². The minimum absolute atomic E-state index is 0.0268. The van der Waals surface area contributed by atoms with Crippen LogP contribution in [0.1, 0.15) is 0 Å². The summed E-state index contributed by atoms with van der Waals surface area (Å²) in [4.78, 5) is 19.2. The molecule has 29 heavy (non-hydrogen) atoms. The molecule has 0 saturated heterocycles. The van der Waals surface area contributed by atoms with Crippen LogP contribution in [0.4, 0.5) is 28.7 Å². The Balaban J connectivity index is 2.00. The van der Waals surface area contributed by atoms with Crippen LogP contribution in [0.15, 0.2) is 42.7 Å². The molecule has 0 aliphatic heterocycles. The highest BCUT2D eigenvalue weighted by molar-refractivity contribution is 6.36. The summed E-state index contributed by atoms with van der Waals surface area (Å²) in [7, 11) is 3.00. The van der Waals surface area contributed by atoms with Crippen molar-refractivity contribution >= 4 is 51.9 Å². The van der Waals surface area contributed by atoms with E-state index in [1.165, 1.54) is 26.6 Å². The molecular weight excluding hydrogens is 421 g/mol. The molecule has 0 bridgehead atoms. The van der Waals surface area contributed by atoms with E-state index in [1.807, 2.05) is 0 Å². The van der Waals surface area contributed by atoms with Gasteiger partial charge in [-0.15, -0.1) is 0 Å². The normalized spacial score (nSPS) is 10.3. The maximum atomic E-state index is 11.8. The number of aromatic nitrogens is 2. The third-order valence-corrected chi connectivity index (χ3v) is 4.40. The van der Waals surface area contributed by atoms with Crippen LogP contribution in [0.5, 0.6) is 11.5 Å². The lowest BCUT2D eigenvalue weighted by atomic mass is 10.2. The van der Waals surface area contributed by atoms with E-state index in [9.17, 15) is 10.1 Å². The quantitative estimate of drug-likeness (QED) is 0.384. The summed E-state index contributed by atoms with van der Waals surface area (Å²) >= 11 is 12.0. The molecular formula is C18H15Cl2N5O4. The minimum atomic E-state index is -0.593. The zero-order valence-corrected chi connectivity index (χ0v) is 16.8. The molecule has 11 heteroatoms. The first-order valence-electron chi connectivity index (χ1n) is 8.13. The number of nitrogens with one attached hydrogen (secondary N) is 2. The van der Waals surface area contributed by atoms with Crippen molar-refractivity contribution in [3.8, 4) is 11.5 Å². The van der Waals surface area contributed by atoms with Crippen LogP contribution < -0.4 is 20.1 Å². The molecule has 0 saturated carbocycles. The predicted octanol–water partition coefficient (Wildman–Crippen LogP) is 5.20. The monoisotopic (exact) mass is 435 g/mol. The van der Waals surface area contributed by atoms with Crippen LogP contribution in [0, 0.1) is 10.1 Å². The second-order valence-electron chi connectivity index (χ2n) is 5.62. The zero-order valence-electron chi connectivity index (χ0n) is 15.3. The summed E-state index contributed by atoms with van der Waals surface area (Å²) in [6.45, 7) is 0.